The van der Waals surface area contributed by atoms with Gasteiger partial charge in [0.25, 0.3) is 0 Å². The molecule has 0 bridgehead atoms. The Morgan fingerprint density at radius 3 is 2.42 bits per heavy atom. The van der Waals surface area contributed by atoms with Gasteiger partial charge < -0.3 is 10.1 Å². The number of ether oxygens (including phenoxy) is 1. The summed E-state index contributed by atoms with van der Waals surface area (Å²) in [7, 11) is 0. The molecule has 1 aromatic heterocycles. The van der Waals surface area contributed by atoms with E-state index in [-0.39, 0.29) is 12.5 Å². The van der Waals surface area contributed by atoms with Crippen molar-refractivity contribution in [1.29, 1.82) is 0 Å². The molecule has 0 aliphatic heterocycles. The Hall–Kier alpha value is -1.56. The molecule has 0 radical (unpaired) electrons. The summed E-state index contributed by atoms with van der Waals surface area (Å²) in [6.07, 6.45) is 0.375. The van der Waals surface area contributed by atoms with Crippen molar-refractivity contribution in [3.8, 4) is 11.1 Å². The summed E-state index contributed by atoms with van der Waals surface area (Å²) in [6, 6.07) is 9.56. The van der Waals surface area contributed by atoms with Crippen molar-refractivity contribution in [3.63, 3.8) is 0 Å². The van der Waals surface area contributed by atoms with Crippen LogP contribution in [0.1, 0.15) is 35.5 Å². The normalized spacial score (nSPS) is 20.5. The Labute approximate surface area is 166 Å². The second-order valence-electron chi connectivity index (χ2n) is 6.49. The first-order valence-electron chi connectivity index (χ1n) is 8.26. The van der Waals surface area contributed by atoms with Crippen molar-refractivity contribution in [2.24, 2.45) is 5.41 Å². The average Bonchev–Trinajstić information content (AvgIpc) is 2.95. The number of thiophene rings is 1. The second kappa shape index (κ2) is 6.87. The molecule has 0 spiro atoms. The van der Waals surface area contributed by atoms with Gasteiger partial charge in [-0.25, -0.2) is 4.79 Å². The molecule has 1 saturated carbocycles. The maximum atomic E-state index is 12.7. The van der Waals surface area contributed by atoms with E-state index >= 15 is 0 Å². The maximum absolute atomic E-state index is 12.7. The molecule has 1 N–H and O–H groups in total. The highest BCUT2D eigenvalue weighted by atomic mass is 35.5. The van der Waals surface area contributed by atoms with Crippen LogP contribution in [0.5, 0.6) is 0 Å². The molecule has 2 aromatic rings. The lowest BCUT2D eigenvalue weighted by Gasteiger charge is -2.13. The fraction of sp³-hybridized carbons (Fsp3) is 0.368. The molecule has 1 aliphatic carbocycles. The van der Waals surface area contributed by atoms with Crippen LogP contribution in [0, 0.1) is 12.3 Å². The first-order valence-corrected chi connectivity index (χ1v) is 9.83. The molecule has 26 heavy (non-hydrogen) atoms. The Bertz CT molecular complexity index is 863. The van der Waals surface area contributed by atoms with E-state index in [1.807, 2.05) is 37.3 Å². The lowest BCUT2D eigenvalue weighted by molar-refractivity contribution is -0.120. The summed E-state index contributed by atoms with van der Waals surface area (Å²) in [6.45, 7) is 5.63. The summed E-state index contributed by atoms with van der Waals surface area (Å²) < 4.78 is 4.16. The monoisotopic (exact) mass is 411 g/mol. The third-order valence-corrected chi connectivity index (χ3v) is 6.73. The lowest BCUT2D eigenvalue weighted by atomic mass is 10.0. The SMILES string of the molecule is CCOC(=O)c1c(NC(=O)[C@@]2(C)CC2(Cl)Cl)sc(C)c1-c1ccccc1. The summed E-state index contributed by atoms with van der Waals surface area (Å²) in [5.41, 5.74) is 1.17. The topological polar surface area (TPSA) is 55.4 Å². The molecule has 7 heteroatoms. The number of nitrogens with one attached hydrogen (secondary N) is 1. The zero-order valence-corrected chi connectivity index (χ0v) is 17.0. The van der Waals surface area contributed by atoms with Gasteiger partial charge in [-0.1, -0.05) is 30.3 Å². The van der Waals surface area contributed by atoms with Gasteiger partial charge in [0.15, 0.2) is 0 Å². The molecule has 3 rings (SSSR count). The molecule has 4 nitrogen and oxygen atoms in total. The number of anilines is 1. The Morgan fingerprint density at radius 2 is 1.88 bits per heavy atom. The highest BCUT2D eigenvalue weighted by Crippen LogP contribution is 2.64. The Morgan fingerprint density at radius 1 is 1.27 bits per heavy atom. The van der Waals surface area contributed by atoms with E-state index < -0.39 is 15.7 Å². The number of rotatable bonds is 5. The molecular weight excluding hydrogens is 393 g/mol. The number of carbonyl (C=O) groups excluding carboxylic acids is 2. The van der Waals surface area contributed by atoms with Crippen LogP contribution in [-0.2, 0) is 9.53 Å². The quantitative estimate of drug-likeness (QED) is 0.527. The lowest BCUT2D eigenvalue weighted by Crippen LogP contribution is -2.26. The predicted molar refractivity (Wildman–Crippen MR) is 106 cm³/mol. The van der Waals surface area contributed by atoms with Gasteiger partial charge in [0, 0.05) is 10.4 Å². The number of alkyl halides is 2. The van der Waals surface area contributed by atoms with E-state index in [2.05, 4.69) is 5.32 Å². The largest absolute Gasteiger partial charge is 0.462 e. The number of aryl methyl sites for hydroxylation is 1. The van der Waals surface area contributed by atoms with Crippen LogP contribution < -0.4 is 5.32 Å². The number of hydrogen-bond donors (Lipinski definition) is 1. The Kier molecular flexibility index (Phi) is 5.08. The highest BCUT2D eigenvalue weighted by Gasteiger charge is 2.68. The molecule has 1 amide bonds. The maximum Gasteiger partial charge on any atom is 0.341 e. The Balaban J connectivity index is 2.03. The van der Waals surface area contributed by atoms with Gasteiger partial charge in [0.2, 0.25) is 5.91 Å². The minimum atomic E-state index is -1.07. The van der Waals surface area contributed by atoms with Gasteiger partial charge >= 0.3 is 5.97 Å². The van der Waals surface area contributed by atoms with E-state index in [9.17, 15) is 9.59 Å². The molecule has 1 fully saturated rings. The highest BCUT2D eigenvalue weighted by molar-refractivity contribution is 7.17. The van der Waals surface area contributed by atoms with Crippen molar-refractivity contribution < 1.29 is 14.3 Å². The number of amides is 1. The van der Waals surface area contributed by atoms with E-state index in [0.29, 0.717) is 17.0 Å². The van der Waals surface area contributed by atoms with Crippen LogP contribution in [0.2, 0.25) is 0 Å². The van der Waals surface area contributed by atoms with E-state index in [0.717, 1.165) is 16.0 Å². The molecule has 0 saturated heterocycles. The van der Waals surface area contributed by atoms with Crippen LogP contribution in [0.25, 0.3) is 11.1 Å². The average molecular weight is 412 g/mol. The first kappa shape index (κ1) is 19.2. The van der Waals surface area contributed by atoms with Gasteiger partial charge in [-0.15, -0.1) is 34.5 Å². The smallest absolute Gasteiger partial charge is 0.341 e. The number of carbonyl (C=O) groups is 2. The van der Waals surface area contributed by atoms with Crippen LogP contribution in [0.3, 0.4) is 0 Å². The first-order chi connectivity index (χ1) is 12.2. The fourth-order valence-corrected chi connectivity index (χ4v) is 4.64. The second-order valence-corrected chi connectivity index (χ2v) is 9.20. The summed E-state index contributed by atoms with van der Waals surface area (Å²) in [5.74, 6) is -0.760. The van der Waals surface area contributed by atoms with Crippen LogP contribution in [-0.4, -0.2) is 22.8 Å². The molecular formula is C19H19Cl2NO3S. The van der Waals surface area contributed by atoms with Gasteiger partial charge in [-0.2, -0.15) is 0 Å². The summed E-state index contributed by atoms with van der Waals surface area (Å²) >= 11 is 13.6. The molecule has 138 valence electrons. The number of benzene rings is 1. The fourth-order valence-electron chi connectivity index (χ4n) is 2.87. The van der Waals surface area contributed by atoms with Crippen molar-refractivity contribution in [3.05, 3.63) is 40.8 Å². The molecule has 1 heterocycles. The van der Waals surface area contributed by atoms with Gasteiger partial charge in [0.1, 0.15) is 14.9 Å². The van der Waals surface area contributed by atoms with Crippen LogP contribution in [0.4, 0.5) is 5.00 Å². The van der Waals surface area contributed by atoms with Crippen molar-refractivity contribution >= 4 is 51.4 Å². The van der Waals surface area contributed by atoms with E-state index in [1.54, 1.807) is 13.8 Å². The molecule has 0 unspecified atom stereocenters. The van der Waals surface area contributed by atoms with Crippen molar-refractivity contribution in [1.82, 2.24) is 0 Å². The minimum Gasteiger partial charge on any atom is -0.462 e. The number of esters is 1. The third-order valence-electron chi connectivity index (χ3n) is 4.61. The molecule has 1 aliphatic rings. The minimum absolute atomic E-state index is 0.250. The summed E-state index contributed by atoms with van der Waals surface area (Å²) in [4.78, 5) is 26.2. The predicted octanol–water partition coefficient (Wildman–Crippen LogP) is 5.42. The van der Waals surface area contributed by atoms with Gasteiger partial charge in [-0.05, 0) is 32.8 Å². The molecule has 1 atom stereocenters. The molecule has 1 aromatic carbocycles. The van der Waals surface area contributed by atoms with Crippen molar-refractivity contribution in [2.45, 2.75) is 31.5 Å². The van der Waals surface area contributed by atoms with E-state index in [1.165, 1.54) is 11.3 Å². The standard InChI is InChI=1S/C19H19Cl2NO3S/c1-4-25-16(23)14-13(12-8-6-5-7-9-12)11(2)26-15(14)22-17(24)18(3)10-19(18,20)21/h5-9H,4,10H2,1-3H3,(H,22,24)/t18-/m1/s1. The third kappa shape index (κ3) is 3.24. The number of halogens is 2. The van der Waals surface area contributed by atoms with Crippen LogP contribution in [0.15, 0.2) is 30.3 Å². The van der Waals surface area contributed by atoms with E-state index in [4.69, 9.17) is 27.9 Å². The zero-order chi connectivity index (χ0) is 19.1. The number of hydrogen-bond acceptors (Lipinski definition) is 4. The van der Waals surface area contributed by atoms with Gasteiger partial charge in [0.05, 0.1) is 12.0 Å². The van der Waals surface area contributed by atoms with Crippen LogP contribution >= 0.6 is 34.5 Å². The van der Waals surface area contributed by atoms with Gasteiger partial charge in [-0.3, -0.25) is 4.79 Å². The zero-order valence-electron chi connectivity index (χ0n) is 14.7. The summed E-state index contributed by atoms with van der Waals surface area (Å²) in [5, 5.41) is 3.31. The van der Waals surface area contributed by atoms with Crippen molar-refractivity contribution in [2.75, 3.05) is 11.9 Å².